The Hall–Kier alpha value is -2.14. The van der Waals surface area contributed by atoms with Crippen molar-refractivity contribution in [2.45, 2.75) is 38.8 Å². The van der Waals surface area contributed by atoms with Crippen LogP contribution in [0.5, 0.6) is 0 Å². The van der Waals surface area contributed by atoms with E-state index in [1.54, 1.807) is 0 Å². The molecule has 5 nitrogen and oxygen atoms in total. The van der Waals surface area contributed by atoms with E-state index in [1.807, 2.05) is 37.4 Å². The van der Waals surface area contributed by atoms with Crippen LogP contribution in [0, 0.1) is 6.92 Å². The zero-order valence-corrected chi connectivity index (χ0v) is 13.7. The number of pyridine rings is 1. The van der Waals surface area contributed by atoms with E-state index in [0.717, 1.165) is 35.1 Å². The lowest BCUT2D eigenvalue weighted by Crippen LogP contribution is -2.39. The predicted molar refractivity (Wildman–Crippen MR) is 90.2 cm³/mol. The normalized spacial score (nSPS) is 19.5. The monoisotopic (exact) mass is 310 g/mol. The molecule has 5 heteroatoms. The molecular formula is C18H22N4O. The SMILES string of the molecule is Cc1ccc(-c2nc3cccnc3n2CC2CCCCN2C)o1. The number of imidazole rings is 1. The third kappa shape index (κ3) is 2.65. The van der Waals surface area contributed by atoms with Crippen molar-refractivity contribution in [2.75, 3.05) is 13.6 Å². The number of likely N-dealkylation sites (N-methyl/N-ethyl adjacent to an activating group) is 1. The molecular weight excluding hydrogens is 288 g/mol. The van der Waals surface area contributed by atoms with Gasteiger partial charge < -0.3 is 13.9 Å². The second-order valence-electron chi connectivity index (χ2n) is 6.43. The summed E-state index contributed by atoms with van der Waals surface area (Å²) in [6.07, 6.45) is 5.65. The molecule has 1 atom stereocenters. The van der Waals surface area contributed by atoms with E-state index in [4.69, 9.17) is 9.40 Å². The largest absolute Gasteiger partial charge is 0.458 e. The molecule has 1 saturated heterocycles. The Morgan fingerprint density at radius 1 is 1.26 bits per heavy atom. The molecule has 0 amide bonds. The van der Waals surface area contributed by atoms with Gasteiger partial charge in [-0.05, 0) is 57.6 Å². The summed E-state index contributed by atoms with van der Waals surface area (Å²) in [4.78, 5) is 11.8. The molecule has 4 heterocycles. The van der Waals surface area contributed by atoms with E-state index in [9.17, 15) is 0 Å². The van der Waals surface area contributed by atoms with Gasteiger partial charge in [0.1, 0.15) is 11.3 Å². The number of hydrogen-bond acceptors (Lipinski definition) is 4. The highest BCUT2D eigenvalue weighted by Gasteiger charge is 2.23. The fraction of sp³-hybridized carbons (Fsp3) is 0.444. The van der Waals surface area contributed by atoms with Crippen molar-refractivity contribution in [2.24, 2.45) is 0 Å². The van der Waals surface area contributed by atoms with E-state index >= 15 is 0 Å². The first-order valence-electron chi connectivity index (χ1n) is 8.30. The summed E-state index contributed by atoms with van der Waals surface area (Å²) in [7, 11) is 2.22. The molecule has 0 N–H and O–H groups in total. The lowest BCUT2D eigenvalue weighted by Gasteiger charge is -2.32. The van der Waals surface area contributed by atoms with Gasteiger partial charge in [0.2, 0.25) is 0 Å². The van der Waals surface area contributed by atoms with Crippen LogP contribution in [0.3, 0.4) is 0 Å². The van der Waals surface area contributed by atoms with Gasteiger partial charge in [-0.1, -0.05) is 6.42 Å². The van der Waals surface area contributed by atoms with Crippen LogP contribution in [0.4, 0.5) is 0 Å². The first-order chi connectivity index (χ1) is 11.2. The number of rotatable bonds is 3. The molecule has 1 aliphatic rings. The number of furan rings is 1. The third-order valence-electron chi connectivity index (χ3n) is 4.78. The molecule has 0 bridgehead atoms. The number of nitrogens with zero attached hydrogens (tertiary/aromatic N) is 4. The highest BCUT2D eigenvalue weighted by molar-refractivity contribution is 5.75. The van der Waals surface area contributed by atoms with Crippen LogP contribution in [-0.4, -0.2) is 39.1 Å². The van der Waals surface area contributed by atoms with Gasteiger partial charge in [-0.2, -0.15) is 0 Å². The lowest BCUT2D eigenvalue weighted by molar-refractivity contribution is 0.169. The smallest absolute Gasteiger partial charge is 0.178 e. The summed E-state index contributed by atoms with van der Waals surface area (Å²) < 4.78 is 8.05. The number of aromatic nitrogens is 3. The van der Waals surface area contributed by atoms with Crippen molar-refractivity contribution >= 4 is 11.2 Å². The third-order valence-corrected chi connectivity index (χ3v) is 4.78. The number of likely N-dealkylation sites (tertiary alicyclic amines) is 1. The zero-order valence-electron chi connectivity index (χ0n) is 13.7. The fourth-order valence-corrected chi connectivity index (χ4v) is 3.46. The molecule has 1 unspecified atom stereocenters. The minimum Gasteiger partial charge on any atom is -0.458 e. The van der Waals surface area contributed by atoms with Crippen molar-refractivity contribution in [3.8, 4) is 11.6 Å². The molecule has 0 saturated carbocycles. The molecule has 0 radical (unpaired) electrons. The second-order valence-corrected chi connectivity index (χ2v) is 6.43. The van der Waals surface area contributed by atoms with Crippen molar-refractivity contribution in [3.05, 3.63) is 36.2 Å². The Labute approximate surface area is 135 Å². The van der Waals surface area contributed by atoms with E-state index in [1.165, 1.54) is 25.8 Å². The first kappa shape index (κ1) is 14.5. The molecule has 4 rings (SSSR count). The van der Waals surface area contributed by atoms with E-state index < -0.39 is 0 Å². The zero-order chi connectivity index (χ0) is 15.8. The predicted octanol–water partition coefficient (Wildman–Crippen LogP) is 3.48. The van der Waals surface area contributed by atoms with Crippen LogP contribution < -0.4 is 0 Å². The van der Waals surface area contributed by atoms with Crippen LogP contribution in [0.25, 0.3) is 22.7 Å². The molecule has 120 valence electrons. The van der Waals surface area contributed by atoms with E-state index in [2.05, 4.69) is 21.5 Å². The standard InChI is InChI=1S/C18H22N4O/c1-13-8-9-16(23-13)18-20-15-7-5-10-19-17(15)22(18)12-14-6-3-4-11-21(14)2/h5,7-10,14H,3-4,6,11-12H2,1-2H3. The molecule has 1 fully saturated rings. The molecule has 0 spiro atoms. The number of hydrogen-bond donors (Lipinski definition) is 0. The van der Waals surface area contributed by atoms with Gasteiger partial charge in [0.15, 0.2) is 17.2 Å². The fourth-order valence-electron chi connectivity index (χ4n) is 3.46. The Balaban J connectivity index is 1.79. The van der Waals surface area contributed by atoms with Crippen LogP contribution >= 0.6 is 0 Å². The van der Waals surface area contributed by atoms with Crippen LogP contribution in [0.1, 0.15) is 25.0 Å². The van der Waals surface area contributed by atoms with Gasteiger partial charge in [0.25, 0.3) is 0 Å². The van der Waals surface area contributed by atoms with Gasteiger partial charge in [-0.25, -0.2) is 9.97 Å². The van der Waals surface area contributed by atoms with Crippen molar-refractivity contribution in [1.82, 2.24) is 19.4 Å². The maximum Gasteiger partial charge on any atom is 0.178 e. The summed E-state index contributed by atoms with van der Waals surface area (Å²) in [6, 6.07) is 8.46. The number of piperidine rings is 1. The van der Waals surface area contributed by atoms with Crippen molar-refractivity contribution in [1.29, 1.82) is 0 Å². The summed E-state index contributed by atoms with van der Waals surface area (Å²) in [5.41, 5.74) is 1.87. The minimum absolute atomic E-state index is 0.526. The highest BCUT2D eigenvalue weighted by atomic mass is 16.3. The van der Waals surface area contributed by atoms with Crippen LogP contribution in [-0.2, 0) is 6.54 Å². The maximum absolute atomic E-state index is 5.83. The lowest BCUT2D eigenvalue weighted by atomic mass is 10.0. The Morgan fingerprint density at radius 2 is 2.17 bits per heavy atom. The molecule has 0 aromatic carbocycles. The topological polar surface area (TPSA) is 47.1 Å². The van der Waals surface area contributed by atoms with Gasteiger partial charge in [0, 0.05) is 18.8 Å². The average molecular weight is 310 g/mol. The molecule has 23 heavy (non-hydrogen) atoms. The highest BCUT2D eigenvalue weighted by Crippen LogP contribution is 2.27. The summed E-state index contributed by atoms with van der Waals surface area (Å²) in [6.45, 7) is 4.03. The van der Waals surface area contributed by atoms with Crippen molar-refractivity contribution in [3.63, 3.8) is 0 Å². The van der Waals surface area contributed by atoms with E-state index in [-0.39, 0.29) is 0 Å². The number of fused-ring (bicyclic) bond motifs is 1. The second kappa shape index (κ2) is 5.81. The Morgan fingerprint density at radius 3 is 2.96 bits per heavy atom. The molecule has 3 aromatic heterocycles. The Kier molecular flexibility index (Phi) is 3.65. The van der Waals surface area contributed by atoms with Crippen LogP contribution in [0.15, 0.2) is 34.9 Å². The molecule has 1 aliphatic heterocycles. The quantitative estimate of drug-likeness (QED) is 0.743. The van der Waals surface area contributed by atoms with Gasteiger partial charge >= 0.3 is 0 Å². The van der Waals surface area contributed by atoms with Crippen LogP contribution in [0.2, 0.25) is 0 Å². The van der Waals surface area contributed by atoms with Gasteiger partial charge in [0.05, 0.1) is 0 Å². The molecule has 0 aliphatic carbocycles. The van der Waals surface area contributed by atoms with Gasteiger partial charge in [-0.3, -0.25) is 0 Å². The Bertz CT molecular complexity index is 819. The minimum atomic E-state index is 0.526. The summed E-state index contributed by atoms with van der Waals surface area (Å²) >= 11 is 0. The van der Waals surface area contributed by atoms with Gasteiger partial charge in [-0.15, -0.1) is 0 Å². The van der Waals surface area contributed by atoms with E-state index in [0.29, 0.717) is 6.04 Å². The maximum atomic E-state index is 5.83. The summed E-state index contributed by atoms with van der Waals surface area (Å²) in [5.74, 6) is 2.60. The van der Waals surface area contributed by atoms with Crippen molar-refractivity contribution < 1.29 is 4.42 Å². The number of aryl methyl sites for hydroxylation is 1. The summed E-state index contributed by atoms with van der Waals surface area (Å²) in [5, 5.41) is 0. The average Bonchev–Trinajstić information content (AvgIpc) is 3.14. The molecule has 3 aromatic rings. The first-order valence-corrected chi connectivity index (χ1v) is 8.30.